The first-order valence-corrected chi connectivity index (χ1v) is 12.3. The Labute approximate surface area is 186 Å². The molecule has 1 amide bonds. The summed E-state index contributed by atoms with van der Waals surface area (Å²) in [6, 6.07) is 11.0. The van der Waals surface area contributed by atoms with E-state index in [0.717, 1.165) is 9.90 Å². The number of hydrogen-bond acceptors (Lipinski definition) is 6. The zero-order valence-corrected chi connectivity index (χ0v) is 18.7. The standard InChI is InChI=1S/C18H15Cl2N3O3S3/c19-12-2-1-11(16(20)7-12)9-27-18-23-14(10-28-18)8-17(24)22-13-3-5-15(6-4-13)29(21,25)26/h1-7,10H,8-9H2,(H,22,24)(H2,21,25,26). The molecule has 11 heteroatoms. The summed E-state index contributed by atoms with van der Waals surface area (Å²) in [6.07, 6.45) is 0.107. The highest BCUT2D eigenvalue weighted by Crippen LogP contribution is 2.30. The van der Waals surface area contributed by atoms with Gasteiger partial charge in [-0.2, -0.15) is 0 Å². The van der Waals surface area contributed by atoms with Gasteiger partial charge < -0.3 is 5.32 Å². The Morgan fingerprint density at radius 3 is 2.55 bits per heavy atom. The van der Waals surface area contributed by atoms with Crippen LogP contribution in [0.15, 0.2) is 57.1 Å². The minimum atomic E-state index is -3.76. The van der Waals surface area contributed by atoms with E-state index >= 15 is 0 Å². The van der Waals surface area contributed by atoms with E-state index in [1.165, 1.54) is 47.4 Å². The van der Waals surface area contributed by atoms with Gasteiger partial charge in [0.15, 0.2) is 0 Å². The largest absolute Gasteiger partial charge is 0.326 e. The lowest BCUT2D eigenvalue weighted by molar-refractivity contribution is -0.115. The number of hydrogen-bond donors (Lipinski definition) is 2. The zero-order valence-electron chi connectivity index (χ0n) is 14.8. The maximum atomic E-state index is 12.2. The normalized spacial score (nSPS) is 11.4. The lowest BCUT2D eigenvalue weighted by Crippen LogP contribution is -2.15. The highest BCUT2D eigenvalue weighted by atomic mass is 35.5. The van der Waals surface area contributed by atoms with Gasteiger partial charge in [0, 0.05) is 26.9 Å². The van der Waals surface area contributed by atoms with E-state index in [1.54, 1.807) is 12.1 Å². The molecular weight excluding hydrogens is 473 g/mol. The maximum Gasteiger partial charge on any atom is 0.238 e. The van der Waals surface area contributed by atoms with Crippen LogP contribution in [0.3, 0.4) is 0 Å². The van der Waals surface area contributed by atoms with Crippen molar-refractivity contribution in [3.8, 4) is 0 Å². The molecule has 0 atom stereocenters. The summed E-state index contributed by atoms with van der Waals surface area (Å²) in [7, 11) is -3.76. The zero-order chi connectivity index (χ0) is 21.0. The number of halogens is 2. The number of thioether (sulfide) groups is 1. The van der Waals surface area contributed by atoms with Crippen LogP contribution in [0.25, 0.3) is 0 Å². The molecule has 3 aromatic rings. The summed E-state index contributed by atoms with van der Waals surface area (Å²) >= 11 is 15.1. The molecule has 0 unspecified atom stereocenters. The van der Waals surface area contributed by atoms with E-state index in [0.29, 0.717) is 27.2 Å². The van der Waals surface area contributed by atoms with Gasteiger partial charge in [0.25, 0.3) is 0 Å². The third-order valence-corrected chi connectivity index (χ3v) is 7.34. The molecule has 6 nitrogen and oxygen atoms in total. The van der Waals surface area contributed by atoms with Crippen molar-refractivity contribution in [2.45, 2.75) is 21.4 Å². The highest BCUT2D eigenvalue weighted by molar-refractivity contribution is 8.00. The molecule has 0 bridgehead atoms. The fraction of sp³-hybridized carbons (Fsp3) is 0.111. The number of nitrogens with two attached hydrogens (primary N) is 1. The van der Waals surface area contributed by atoms with Crippen molar-refractivity contribution in [1.82, 2.24) is 4.98 Å². The van der Waals surface area contributed by atoms with Crippen molar-refractivity contribution in [3.63, 3.8) is 0 Å². The number of thiazole rings is 1. The Morgan fingerprint density at radius 1 is 1.17 bits per heavy atom. The molecule has 2 aromatic carbocycles. The molecule has 1 heterocycles. The summed E-state index contributed by atoms with van der Waals surface area (Å²) in [6.45, 7) is 0. The molecule has 1 aromatic heterocycles. The van der Waals surface area contributed by atoms with E-state index in [-0.39, 0.29) is 17.2 Å². The highest BCUT2D eigenvalue weighted by Gasteiger charge is 2.11. The van der Waals surface area contributed by atoms with Gasteiger partial charge >= 0.3 is 0 Å². The van der Waals surface area contributed by atoms with Gasteiger partial charge in [-0.3, -0.25) is 4.79 Å². The third kappa shape index (κ3) is 6.43. The second-order valence-corrected chi connectivity index (χ2v) is 10.4. The maximum absolute atomic E-state index is 12.2. The van der Waals surface area contributed by atoms with Crippen molar-refractivity contribution in [3.05, 3.63) is 69.1 Å². The van der Waals surface area contributed by atoms with Crippen LogP contribution in [0.1, 0.15) is 11.3 Å². The number of amides is 1. The first-order chi connectivity index (χ1) is 13.7. The van der Waals surface area contributed by atoms with Crippen molar-refractivity contribution < 1.29 is 13.2 Å². The van der Waals surface area contributed by atoms with E-state index in [9.17, 15) is 13.2 Å². The number of sulfonamides is 1. The summed E-state index contributed by atoms with van der Waals surface area (Å²) < 4.78 is 23.3. The number of primary sulfonamides is 1. The van der Waals surface area contributed by atoms with Crippen LogP contribution in [-0.2, 0) is 27.0 Å². The van der Waals surface area contributed by atoms with Gasteiger partial charge in [0.05, 0.1) is 17.0 Å². The fourth-order valence-electron chi connectivity index (χ4n) is 2.31. The molecule has 152 valence electrons. The topological polar surface area (TPSA) is 102 Å². The van der Waals surface area contributed by atoms with Gasteiger partial charge in [0.1, 0.15) is 4.34 Å². The molecule has 0 saturated heterocycles. The number of aromatic nitrogens is 1. The molecule has 0 spiro atoms. The number of nitrogens with one attached hydrogen (secondary N) is 1. The van der Waals surface area contributed by atoms with Crippen molar-refractivity contribution in [1.29, 1.82) is 0 Å². The molecule has 0 saturated carbocycles. The molecule has 0 fully saturated rings. The Morgan fingerprint density at radius 2 is 1.90 bits per heavy atom. The molecular formula is C18H15Cl2N3O3S3. The van der Waals surface area contributed by atoms with E-state index in [1.807, 2.05) is 11.4 Å². The van der Waals surface area contributed by atoms with Crippen LogP contribution >= 0.6 is 46.3 Å². The monoisotopic (exact) mass is 487 g/mol. The Bertz CT molecular complexity index is 1130. The summed E-state index contributed by atoms with van der Waals surface area (Å²) in [5.41, 5.74) is 2.08. The Balaban J connectivity index is 1.54. The lowest BCUT2D eigenvalue weighted by Gasteiger charge is -2.05. The molecule has 0 aliphatic rings. The van der Waals surface area contributed by atoms with Crippen LogP contribution in [0.5, 0.6) is 0 Å². The number of nitrogens with zero attached hydrogens (tertiary/aromatic N) is 1. The second kappa shape index (κ2) is 9.46. The van der Waals surface area contributed by atoms with Gasteiger partial charge in [-0.1, -0.05) is 41.0 Å². The fourth-order valence-corrected chi connectivity index (χ4v) is 5.23. The van der Waals surface area contributed by atoms with Crippen LogP contribution < -0.4 is 10.5 Å². The molecule has 0 radical (unpaired) electrons. The minimum absolute atomic E-state index is 0.0162. The van der Waals surface area contributed by atoms with Crippen molar-refractivity contribution in [2.75, 3.05) is 5.32 Å². The number of anilines is 1. The molecule has 0 aliphatic heterocycles. The minimum Gasteiger partial charge on any atom is -0.326 e. The first-order valence-electron chi connectivity index (χ1n) is 8.14. The number of carbonyl (C=O) groups excluding carboxylic acids is 1. The SMILES string of the molecule is NS(=O)(=O)c1ccc(NC(=O)Cc2csc(SCc3ccc(Cl)cc3Cl)n2)cc1. The van der Waals surface area contributed by atoms with Gasteiger partial charge in [-0.05, 0) is 42.0 Å². The van der Waals surface area contributed by atoms with Crippen molar-refractivity contribution >= 4 is 67.9 Å². The summed E-state index contributed by atoms with van der Waals surface area (Å²) in [5, 5.41) is 10.8. The van der Waals surface area contributed by atoms with Crippen LogP contribution in [0.2, 0.25) is 10.0 Å². The quantitative estimate of drug-likeness (QED) is 0.475. The van der Waals surface area contributed by atoms with Gasteiger partial charge in [-0.25, -0.2) is 18.5 Å². The average molecular weight is 488 g/mol. The van der Waals surface area contributed by atoms with Crippen molar-refractivity contribution in [2.24, 2.45) is 5.14 Å². The second-order valence-electron chi connectivity index (χ2n) is 5.92. The van der Waals surface area contributed by atoms with Gasteiger partial charge in [0.2, 0.25) is 15.9 Å². The van der Waals surface area contributed by atoms with E-state index in [4.69, 9.17) is 28.3 Å². The summed E-state index contributed by atoms with van der Waals surface area (Å²) in [4.78, 5) is 16.6. The first kappa shape index (κ1) is 22.1. The van der Waals surface area contributed by atoms with Crippen LogP contribution in [-0.4, -0.2) is 19.3 Å². The Kier molecular flexibility index (Phi) is 7.20. The van der Waals surface area contributed by atoms with Crippen LogP contribution in [0, 0.1) is 0 Å². The van der Waals surface area contributed by atoms with Gasteiger partial charge in [-0.15, -0.1) is 11.3 Å². The average Bonchev–Trinajstić information content (AvgIpc) is 3.08. The molecule has 0 aliphatic carbocycles. The van der Waals surface area contributed by atoms with E-state index < -0.39 is 10.0 Å². The lowest BCUT2D eigenvalue weighted by atomic mass is 10.2. The summed E-state index contributed by atoms with van der Waals surface area (Å²) in [5.74, 6) is 0.391. The third-order valence-electron chi connectivity index (χ3n) is 3.71. The molecule has 3 rings (SSSR count). The molecule has 3 N–H and O–H groups in total. The molecule has 29 heavy (non-hydrogen) atoms. The van der Waals surface area contributed by atoms with E-state index in [2.05, 4.69) is 10.3 Å². The Hall–Kier alpha value is -1.62. The number of carbonyl (C=O) groups is 1. The predicted molar refractivity (Wildman–Crippen MR) is 118 cm³/mol. The number of benzene rings is 2. The smallest absolute Gasteiger partial charge is 0.238 e. The number of rotatable bonds is 7. The van der Waals surface area contributed by atoms with Crippen LogP contribution in [0.4, 0.5) is 5.69 Å². The predicted octanol–water partition coefficient (Wildman–Crippen LogP) is 4.57.